The highest BCUT2D eigenvalue weighted by molar-refractivity contribution is 6.32. The molecule has 0 saturated carbocycles. The number of nitrogens with zero attached hydrogens (tertiary/aromatic N) is 3. The standard InChI is InChI=1S/C10H15ClN4/c1-7-2-4-15(5-3-7)9-8(11)6-13-10(12)14-9/h6-7H,2-5H2,1H3,(H2,12,13,14). The van der Waals surface area contributed by atoms with E-state index in [1.165, 1.54) is 12.8 Å². The van der Waals surface area contributed by atoms with Gasteiger partial charge < -0.3 is 10.6 Å². The molecule has 1 aromatic rings. The lowest BCUT2D eigenvalue weighted by molar-refractivity contribution is 0.436. The molecule has 4 nitrogen and oxygen atoms in total. The van der Waals surface area contributed by atoms with E-state index in [2.05, 4.69) is 21.8 Å². The molecule has 2 heterocycles. The van der Waals surface area contributed by atoms with E-state index in [9.17, 15) is 0 Å². The summed E-state index contributed by atoms with van der Waals surface area (Å²) in [4.78, 5) is 10.2. The van der Waals surface area contributed by atoms with Crippen LogP contribution < -0.4 is 10.6 Å². The van der Waals surface area contributed by atoms with E-state index in [1.807, 2.05) is 0 Å². The van der Waals surface area contributed by atoms with Gasteiger partial charge in [-0.05, 0) is 18.8 Å². The number of nitrogens with two attached hydrogens (primary N) is 1. The van der Waals surface area contributed by atoms with Gasteiger partial charge in [0.1, 0.15) is 5.02 Å². The molecule has 0 radical (unpaired) electrons. The van der Waals surface area contributed by atoms with Crippen LogP contribution in [-0.2, 0) is 0 Å². The summed E-state index contributed by atoms with van der Waals surface area (Å²) in [7, 11) is 0. The van der Waals surface area contributed by atoms with Crippen molar-refractivity contribution in [2.24, 2.45) is 5.92 Å². The van der Waals surface area contributed by atoms with Gasteiger partial charge in [-0.2, -0.15) is 4.98 Å². The van der Waals surface area contributed by atoms with Crippen LogP contribution in [0.25, 0.3) is 0 Å². The van der Waals surface area contributed by atoms with Crippen molar-refractivity contribution in [2.45, 2.75) is 19.8 Å². The third-order valence-electron chi connectivity index (χ3n) is 2.83. The van der Waals surface area contributed by atoms with E-state index in [-0.39, 0.29) is 5.95 Å². The Bertz CT molecular complexity index is 347. The number of halogens is 1. The number of hydrogen-bond acceptors (Lipinski definition) is 4. The predicted octanol–water partition coefficient (Wildman–Crippen LogP) is 1.95. The van der Waals surface area contributed by atoms with Crippen LogP contribution in [0.2, 0.25) is 5.02 Å². The van der Waals surface area contributed by atoms with Gasteiger partial charge in [-0.3, -0.25) is 0 Å². The molecule has 1 aliphatic rings. The van der Waals surface area contributed by atoms with Gasteiger partial charge in [0.2, 0.25) is 5.95 Å². The molecule has 0 amide bonds. The molecule has 15 heavy (non-hydrogen) atoms. The normalized spacial score (nSPS) is 18.1. The maximum absolute atomic E-state index is 6.04. The maximum atomic E-state index is 6.04. The van der Waals surface area contributed by atoms with Gasteiger partial charge in [0.25, 0.3) is 0 Å². The molecule has 0 bridgehead atoms. The molecule has 1 saturated heterocycles. The third-order valence-corrected chi connectivity index (χ3v) is 3.09. The number of piperidine rings is 1. The Hall–Kier alpha value is -1.03. The first kappa shape index (κ1) is 10.5. The van der Waals surface area contributed by atoms with E-state index < -0.39 is 0 Å². The molecule has 1 aliphatic heterocycles. The van der Waals surface area contributed by atoms with E-state index in [0.717, 1.165) is 24.8 Å². The quantitative estimate of drug-likeness (QED) is 0.795. The smallest absolute Gasteiger partial charge is 0.222 e. The van der Waals surface area contributed by atoms with Crippen molar-refractivity contribution in [1.82, 2.24) is 9.97 Å². The Morgan fingerprint density at radius 1 is 1.47 bits per heavy atom. The molecule has 0 atom stereocenters. The van der Waals surface area contributed by atoms with Crippen LogP contribution in [0.4, 0.5) is 11.8 Å². The Morgan fingerprint density at radius 3 is 2.80 bits per heavy atom. The van der Waals surface area contributed by atoms with Crippen molar-refractivity contribution < 1.29 is 0 Å². The van der Waals surface area contributed by atoms with Crippen LogP contribution in [-0.4, -0.2) is 23.1 Å². The fourth-order valence-corrected chi connectivity index (χ4v) is 2.02. The molecule has 5 heteroatoms. The second kappa shape index (κ2) is 4.23. The largest absolute Gasteiger partial charge is 0.368 e. The number of hydrogen-bond donors (Lipinski definition) is 1. The molecule has 1 fully saturated rings. The highest BCUT2D eigenvalue weighted by Gasteiger charge is 2.19. The fourth-order valence-electron chi connectivity index (χ4n) is 1.81. The summed E-state index contributed by atoms with van der Waals surface area (Å²) in [6.45, 7) is 4.27. The summed E-state index contributed by atoms with van der Waals surface area (Å²) in [5.74, 6) is 1.85. The predicted molar refractivity (Wildman–Crippen MR) is 62.1 cm³/mol. The van der Waals surface area contributed by atoms with Crippen LogP contribution in [0.3, 0.4) is 0 Å². The molecular weight excluding hydrogens is 212 g/mol. The van der Waals surface area contributed by atoms with Gasteiger partial charge in [0.05, 0.1) is 6.20 Å². The Labute approximate surface area is 94.5 Å². The first-order chi connectivity index (χ1) is 7.16. The second-order valence-electron chi connectivity index (χ2n) is 4.07. The molecular formula is C10H15ClN4. The topological polar surface area (TPSA) is 55.0 Å². The number of anilines is 2. The van der Waals surface area contributed by atoms with Crippen molar-refractivity contribution in [3.63, 3.8) is 0 Å². The van der Waals surface area contributed by atoms with Gasteiger partial charge in [-0.15, -0.1) is 0 Å². The third kappa shape index (κ3) is 2.31. The number of aromatic nitrogens is 2. The molecule has 2 rings (SSSR count). The highest BCUT2D eigenvalue weighted by atomic mass is 35.5. The molecule has 0 unspecified atom stereocenters. The first-order valence-corrected chi connectivity index (χ1v) is 5.57. The summed E-state index contributed by atoms with van der Waals surface area (Å²) < 4.78 is 0. The van der Waals surface area contributed by atoms with Crippen molar-refractivity contribution >= 4 is 23.4 Å². The van der Waals surface area contributed by atoms with Crippen molar-refractivity contribution in [3.8, 4) is 0 Å². The van der Waals surface area contributed by atoms with Crippen LogP contribution in [0.15, 0.2) is 6.20 Å². The highest BCUT2D eigenvalue weighted by Crippen LogP contribution is 2.27. The second-order valence-corrected chi connectivity index (χ2v) is 4.48. The van der Waals surface area contributed by atoms with Crippen LogP contribution in [0.5, 0.6) is 0 Å². The Balaban J connectivity index is 2.18. The van der Waals surface area contributed by atoms with Crippen LogP contribution in [0, 0.1) is 5.92 Å². The van der Waals surface area contributed by atoms with Crippen molar-refractivity contribution in [2.75, 3.05) is 23.7 Å². The fraction of sp³-hybridized carbons (Fsp3) is 0.600. The minimum absolute atomic E-state index is 0.285. The summed E-state index contributed by atoms with van der Waals surface area (Å²) >= 11 is 6.04. The minimum Gasteiger partial charge on any atom is -0.368 e. The Morgan fingerprint density at radius 2 is 2.13 bits per heavy atom. The molecule has 0 spiro atoms. The average Bonchev–Trinajstić information content (AvgIpc) is 2.23. The lowest BCUT2D eigenvalue weighted by Gasteiger charge is -2.31. The molecule has 0 aromatic carbocycles. The molecule has 0 aliphatic carbocycles. The monoisotopic (exact) mass is 226 g/mol. The maximum Gasteiger partial charge on any atom is 0.222 e. The lowest BCUT2D eigenvalue weighted by atomic mass is 9.99. The molecule has 1 aromatic heterocycles. The zero-order chi connectivity index (χ0) is 10.8. The summed E-state index contributed by atoms with van der Waals surface area (Å²) in [6, 6.07) is 0. The summed E-state index contributed by atoms with van der Waals surface area (Å²) in [5.41, 5.74) is 5.55. The lowest BCUT2D eigenvalue weighted by Crippen LogP contribution is -2.33. The van der Waals surface area contributed by atoms with Crippen LogP contribution in [0.1, 0.15) is 19.8 Å². The van der Waals surface area contributed by atoms with Crippen molar-refractivity contribution in [1.29, 1.82) is 0 Å². The minimum atomic E-state index is 0.285. The van der Waals surface area contributed by atoms with E-state index in [4.69, 9.17) is 17.3 Å². The number of rotatable bonds is 1. The molecule has 82 valence electrons. The van der Waals surface area contributed by atoms with E-state index in [1.54, 1.807) is 6.20 Å². The SMILES string of the molecule is CC1CCN(c2nc(N)ncc2Cl)CC1. The van der Waals surface area contributed by atoms with Gasteiger partial charge in [0, 0.05) is 13.1 Å². The van der Waals surface area contributed by atoms with Gasteiger partial charge >= 0.3 is 0 Å². The van der Waals surface area contributed by atoms with Gasteiger partial charge in [0.15, 0.2) is 5.82 Å². The molecule has 2 N–H and O–H groups in total. The van der Waals surface area contributed by atoms with Gasteiger partial charge in [-0.1, -0.05) is 18.5 Å². The summed E-state index contributed by atoms with van der Waals surface area (Å²) in [6.07, 6.45) is 3.93. The Kier molecular flexibility index (Phi) is 2.95. The van der Waals surface area contributed by atoms with E-state index in [0.29, 0.717) is 5.02 Å². The van der Waals surface area contributed by atoms with Crippen LogP contribution >= 0.6 is 11.6 Å². The van der Waals surface area contributed by atoms with Crippen molar-refractivity contribution in [3.05, 3.63) is 11.2 Å². The van der Waals surface area contributed by atoms with E-state index >= 15 is 0 Å². The zero-order valence-electron chi connectivity index (χ0n) is 8.78. The van der Waals surface area contributed by atoms with Gasteiger partial charge in [-0.25, -0.2) is 4.98 Å². The number of nitrogen functional groups attached to an aromatic ring is 1. The first-order valence-electron chi connectivity index (χ1n) is 5.20. The zero-order valence-corrected chi connectivity index (χ0v) is 9.54. The summed E-state index contributed by atoms with van der Waals surface area (Å²) in [5, 5.41) is 0.582. The average molecular weight is 227 g/mol.